The van der Waals surface area contributed by atoms with E-state index in [9.17, 15) is 9.59 Å². The fourth-order valence-electron chi connectivity index (χ4n) is 2.71. The monoisotopic (exact) mass is 434 g/mol. The second-order valence-electron chi connectivity index (χ2n) is 8.25. The van der Waals surface area contributed by atoms with E-state index in [1.807, 2.05) is 13.0 Å². The SMILES string of the molecule is CCCCN(CC(=O)Nc1cc(C(C)(C)C)nn1C)C(=O)COc1ccc(Cl)cc1. The van der Waals surface area contributed by atoms with Gasteiger partial charge in [-0.3, -0.25) is 14.3 Å². The zero-order valence-corrected chi connectivity index (χ0v) is 19.1. The molecule has 0 aliphatic carbocycles. The number of rotatable bonds is 9. The molecule has 30 heavy (non-hydrogen) atoms. The third-order valence-corrected chi connectivity index (χ3v) is 4.81. The molecule has 7 nitrogen and oxygen atoms in total. The number of amides is 2. The van der Waals surface area contributed by atoms with Gasteiger partial charge in [0.05, 0.1) is 5.69 Å². The number of nitrogens with one attached hydrogen (secondary N) is 1. The van der Waals surface area contributed by atoms with Crippen LogP contribution in [0.1, 0.15) is 46.2 Å². The first-order valence-electron chi connectivity index (χ1n) is 10.1. The third-order valence-electron chi connectivity index (χ3n) is 4.56. The van der Waals surface area contributed by atoms with Gasteiger partial charge in [0, 0.05) is 30.1 Å². The molecule has 164 valence electrons. The van der Waals surface area contributed by atoms with Crippen molar-refractivity contribution < 1.29 is 14.3 Å². The van der Waals surface area contributed by atoms with Crippen molar-refractivity contribution in [1.82, 2.24) is 14.7 Å². The van der Waals surface area contributed by atoms with E-state index in [2.05, 4.69) is 31.2 Å². The lowest BCUT2D eigenvalue weighted by atomic mass is 9.92. The predicted molar refractivity (Wildman–Crippen MR) is 119 cm³/mol. The van der Waals surface area contributed by atoms with E-state index in [1.165, 1.54) is 4.90 Å². The van der Waals surface area contributed by atoms with Crippen molar-refractivity contribution in [3.63, 3.8) is 0 Å². The number of anilines is 1. The van der Waals surface area contributed by atoms with Gasteiger partial charge in [-0.1, -0.05) is 45.7 Å². The van der Waals surface area contributed by atoms with E-state index in [0.717, 1.165) is 18.5 Å². The maximum absolute atomic E-state index is 12.7. The Morgan fingerprint density at radius 3 is 2.47 bits per heavy atom. The Bertz CT molecular complexity index is 856. The number of benzene rings is 1. The molecule has 2 aromatic rings. The number of halogens is 1. The first-order chi connectivity index (χ1) is 14.1. The lowest BCUT2D eigenvalue weighted by Gasteiger charge is -2.22. The number of hydrogen-bond donors (Lipinski definition) is 1. The standard InChI is InChI=1S/C22H31ClN4O3/c1-6-7-12-27(21(29)15-30-17-10-8-16(23)9-11-17)14-20(28)24-19-13-18(22(2,3)4)25-26(19)5/h8-11,13H,6-7,12,14-15H2,1-5H3,(H,24,28). The molecule has 0 aliphatic heterocycles. The summed E-state index contributed by atoms with van der Waals surface area (Å²) in [5.41, 5.74) is 0.763. The van der Waals surface area contributed by atoms with Gasteiger partial charge in [0.15, 0.2) is 6.61 Å². The van der Waals surface area contributed by atoms with Crippen LogP contribution in [0.5, 0.6) is 5.75 Å². The van der Waals surface area contributed by atoms with Gasteiger partial charge in [-0.05, 0) is 30.7 Å². The van der Waals surface area contributed by atoms with Crippen LogP contribution in [0.25, 0.3) is 0 Å². The Hall–Kier alpha value is -2.54. The molecular weight excluding hydrogens is 404 g/mol. The van der Waals surface area contributed by atoms with Crippen LogP contribution < -0.4 is 10.1 Å². The number of aryl methyl sites for hydroxylation is 1. The molecule has 0 atom stereocenters. The van der Waals surface area contributed by atoms with Crippen LogP contribution in [0.2, 0.25) is 5.02 Å². The Kier molecular flexibility index (Phi) is 8.29. The highest BCUT2D eigenvalue weighted by atomic mass is 35.5. The quantitative estimate of drug-likeness (QED) is 0.646. The number of carbonyl (C=O) groups is 2. The summed E-state index contributed by atoms with van der Waals surface area (Å²) in [7, 11) is 1.78. The van der Waals surface area contributed by atoms with E-state index in [0.29, 0.717) is 23.1 Å². The minimum absolute atomic E-state index is 0.0428. The summed E-state index contributed by atoms with van der Waals surface area (Å²) in [4.78, 5) is 26.8. The maximum atomic E-state index is 12.7. The van der Waals surface area contributed by atoms with Crippen LogP contribution in [-0.4, -0.2) is 46.2 Å². The van der Waals surface area contributed by atoms with Crippen LogP contribution in [-0.2, 0) is 22.1 Å². The highest BCUT2D eigenvalue weighted by Gasteiger charge is 2.21. The average molecular weight is 435 g/mol. The fraction of sp³-hybridized carbons (Fsp3) is 0.500. The minimum Gasteiger partial charge on any atom is -0.484 e. The fourth-order valence-corrected chi connectivity index (χ4v) is 2.84. The van der Waals surface area contributed by atoms with Crippen LogP contribution in [0, 0.1) is 0 Å². The molecule has 0 aliphatic rings. The summed E-state index contributed by atoms with van der Waals surface area (Å²) in [5.74, 6) is 0.644. The molecule has 0 fully saturated rings. The number of carbonyl (C=O) groups excluding carboxylic acids is 2. The molecule has 1 aromatic heterocycles. The molecule has 8 heteroatoms. The van der Waals surface area contributed by atoms with Crippen molar-refractivity contribution in [2.24, 2.45) is 7.05 Å². The molecule has 1 heterocycles. The van der Waals surface area contributed by atoms with Crippen molar-refractivity contribution >= 4 is 29.2 Å². The van der Waals surface area contributed by atoms with Crippen LogP contribution >= 0.6 is 11.6 Å². The second kappa shape index (κ2) is 10.5. The summed E-state index contributed by atoms with van der Waals surface area (Å²) >= 11 is 5.86. The summed E-state index contributed by atoms with van der Waals surface area (Å²) in [6.45, 7) is 8.53. The van der Waals surface area contributed by atoms with Crippen molar-refractivity contribution in [2.75, 3.05) is 25.0 Å². The van der Waals surface area contributed by atoms with Gasteiger partial charge in [0.1, 0.15) is 18.1 Å². The molecule has 0 saturated carbocycles. The van der Waals surface area contributed by atoms with Crippen molar-refractivity contribution in [1.29, 1.82) is 0 Å². The smallest absolute Gasteiger partial charge is 0.260 e. The molecular formula is C22H31ClN4O3. The average Bonchev–Trinajstić information content (AvgIpc) is 3.05. The highest BCUT2D eigenvalue weighted by Crippen LogP contribution is 2.23. The number of aromatic nitrogens is 2. The zero-order valence-electron chi connectivity index (χ0n) is 18.4. The molecule has 1 aromatic carbocycles. The van der Waals surface area contributed by atoms with E-state index in [-0.39, 0.29) is 30.4 Å². The Morgan fingerprint density at radius 1 is 1.23 bits per heavy atom. The van der Waals surface area contributed by atoms with Gasteiger partial charge < -0.3 is 15.0 Å². The third kappa shape index (κ3) is 7.06. The lowest BCUT2D eigenvalue weighted by molar-refractivity contribution is -0.136. The van der Waals surface area contributed by atoms with Gasteiger partial charge >= 0.3 is 0 Å². The molecule has 0 spiro atoms. The van der Waals surface area contributed by atoms with Crippen LogP contribution in [0.15, 0.2) is 30.3 Å². The summed E-state index contributed by atoms with van der Waals surface area (Å²) < 4.78 is 7.19. The highest BCUT2D eigenvalue weighted by molar-refractivity contribution is 6.30. The molecule has 1 N–H and O–H groups in total. The van der Waals surface area contributed by atoms with E-state index >= 15 is 0 Å². The minimum atomic E-state index is -0.269. The lowest BCUT2D eigenvalue weighted by Crippen LogP contribution is -2.41. The first-order valence-corrected chi connectivity index (χ1v) is 10.5. The Morgan fingerprint density at radius 2 is 1.90 bits per heavy atom. The molecule has 0 radical (unpaired) electrons. The van der Waals surface area contributed by atoms with Crippen molar-refractivity contribution in [3.05, 3.63) is 41.0 Å². The number of hydrogen-bond acceptors (Lipinski definition) is 4. The maximum Gasteiger partial charge on any atom is 0.260 e. The van der Waals surface area contributed by atoms with Gasteiger partial charge in [0.2, 0.25) is 5.91 Å². The van der Waals surface area contributed by atoms with Crippen LogP contribution in [0.4, 0.5) is 5.82 Å². The molecule has 2 rings (SSSR count). The predicted octanol–water partition coefficient (Wildman–Crippen LogP) is 4.02. The largest absolute Gasteiger partial charge is 0.484 e. The van der Waals surface area contributed by atoms with E-state index in [1.54, 1.807) is 36.0 Å². The van der Waals surface area contributed by atoms with Gasteiger partial charge in [-0.15, -0.1) is 0 Å². The van der Waals surface area contributed by atoms with Crippen LogP contribution in [0.3, 0.4) is 0 Å². The molecule has 0 saturated heterocycles. The van der Waals surface area contributed by atoms with Crippen molar-refractivity contribution in [3.8, 4) is 5.75 Å². The normalized spacial score (nSPS) is 11.3. The number of nitrogens with zero attached hydrogens (tertiary/aromatic N) is 3. The number of ether oxygens (including phenoxy) is 1. The molecule has 0 unspecified atom stereocenters. The summed E-state index contributed by atoms with van der Waals surface area (Å²) in [6.07, 6.45) is 1.72. The van der Waals surface area contributed by atoms with Gasteiger partial charge in [0.25, 0.3) is 5.91 Å². The van der Waals surface area contributed by atoms with Gasteiger partial charge in [-0.2, -0.15) is 5.10 Å². The molecule has 0 bridgehead atoms. The van der Waals surface area contributed by atoms with Gasteiger partial charge in [-0.25, -0.2) is 0 Å². The zero-order chi connectivity index (χ0) is 22.3. The second-order valence-corrected chi connectivity index (χ2v) is 8.68. The Labute approximate surface area is 183 Å². The summed E-state index contributed by atoms with van der Waals surface area (Å²) in [5, 5.41) is 7.91. The summed E-state index contributed by atoms with van der Waals surface area (Å²) in [6, 6.07) is 8.66. The Balaban J connectivity index is 1.98. The molecule has 2 amide bonds. The van der Waals surface area contributed by atoms with E-state index < -0.39 is 0 Å². The van der Waals surface area contributed by atoms with E-state index in [4.69, 9.17) is 16.3 Å². The van der Waals surface area contributed by atoms with Crippen molar-refractivity contribution in [2.45, 2.75) is 46.0 Å². The topological polar surface area (TPSA) is 76.5 Å². The number of unbranched alkanes of at least 4 members (excludes halogenated alkanes) is 1. The first kappa shape index (κ1) is 23.7.